The van der Waals surface area contributed by atoms with Crippen molar-refractivity contribution in [3.8, 4) is 0 Å². The van der Waals surface area contributed by atoms with Crippen molar-refractivity contribution in [3.05, 3.63) is 0 Å². The van der Waals surface area contributed by atoms with Crippen molar-refractivity contribution in [1.29, 1.82) is 0 Å². The molecule has 0 heterocycles. The van der Waals surface area contributed by atoms with Crippen molar-refractivity contribution < 1.29 is 9.59 Å². The number of ketones is 1. The topological polar surface area (TPSA) is 49.4 Å². The van der Waals surface area contributed by atoms with Gasteiger partial charge in [-0.1, -0.05) is 33.6 Å². The van der Waals surface area contributed by atoms with Crippen molar-refractivity contribution in [1.82, 2.24) is 10.2 Å². The van der Waals surface area contributed by atoms with Crippen LogP contribution in [0.1, 0.15) is 53.4 Å². The van der Waals surface area contributed by atoms with Crippen LogP contribution in [-0.4, -0.2) is 43.3 Å². The molecule has 0 aromatic heterocycles. The predicted octanol–water partition coefficient (Wildman–Crippen LogP) is 2.47. The fraction of sp³-hybridized carbons (Fsp3) is 0.882. The van der Waals surface area contributed by atoms with Crippen LogP contribution in [0.5, 0.6) is 0 Å². The number of amides is 1. The summed E-state index contributed by atoms with van der Waals surface area (Å²) in [5, 5.41) is 3.08. The van der Waals surface area contributed by atoms with E-state index >= 15 is 0 Å². The summed E-state index contributed by atoms with van der Waals surface area (Å²) in [7, 11) is 3.99. The highest BCUT2D eigenvalue weighted by molar-refractivity contribution is 5.91. The van der Waals surface area contributed by atoms with Gasteiger partial charge in [-0.2, -0.15) is 0 Å². The van der Waals surface area contributed by atoms with Crippen LogP contribution in [0.3, 0.4) is 0 Å². The van der Waals surface area contributed by atoms with E-state index in [2.05, 4.69) is 10.2 Å². The van der Waals surface area contributed by atoms with E-state index in [1.54, 1.807) is 0 Å². The van der Waals surface area contributed by atoms with Gasteiger partial charge in [0.1, 0.15) is 5.78 Å². The largest absolute Gasteiger partial charge is 0.352 e. The Bertz CT molecular complexity index is 371. The molecule has 1 fully saturated rings. The quantitative estimate of drug-likeness (QED) is 0.848. The summed E-state index contributed by atoms with van der Waals surface area (Å²) >= 11 is 0. The normalized spacial score (nSPS) is 24.7. The molecule has 1 N–H and O–H groups in total. The highest BCUT2D eigenvalue weighted by atomic mass is 16.2. The number of nitrogens with one attached hydrogen (secondary N) is 1. The van der Waals surface area contributed by atoms with E-state index in [0.717, 1.165) is 32.2 Å². The van der Waals surface area contributed by atoms with Gasteiger partial charge in [0.05, 0.1) is 0 Å². The maximum absolute atomic E-state index is 12.6. The number of Topliss-reactive ketones (excluding diaryl/α,β-unsaturated/α-hetero) is 1. The summed E-state index contributed by atoms with van der Waals surface area (Å²) < 4.78 is 0. The monoisotopic (exact) mass is 296 g/mol. The summed E-state index contributed by atoms with van der Waals surface area (Å²) in [6.07, 6.45) is 3.81. The zero-order valence-electron chi connectivity index (χ0n) is 14.5. The number of nitrogens with zero attached hydrogens (tertiary/aromatic N) is 1. The van der Waals surface area contributed by atoms with E-state index in [0.29, 0.717) is 0 Å². The molecule has 0 radical (unpaired) electrons. The smallest absolute Gasteiger partial charge is 0.224 e. The molecule has 0 spiro atoms. The van der Waals surface area contributed by atoms with E-state index in [4.69, 9.17) is 0 Å². The number of hydrogen-bond acceptors (Lipinski definition) is 3. The van der Waals surface area contributed by atoms with Gasteiger partial charge in [-0.3, -0.25) is 9.59 Å². The molecule has 122 valence electrons. The van der Waals surface area contributed by atoms with Gasteiger partial charge in [-0.15, -0.1) is 0 Å². The highest BCUT2D eigenvalue weighted by Crippen LogP contribution is 2.35. The first-order chi connectivity index (χ1) is 9.62. The standard InChI is InChI=1S/C17H32N2O2/c1-12(11-19(5)6)18-16(21)14-10-8-7-9-13(14)15(20)17(2,3)4/h12-14H,7-11H2,1-6H3,(H,18,21). The molecule has 3 atom stereocenters. The Morgan fingerprint density at radius 2 is 1.67 bits per heavy atom. The van der Waals surface area contributed by atoms with Gasteiger partial charge < -0.3 is 10.2 Å². The second-order valence-corrected chi connectivity index (χ2v) is 7.78. The first-order valence-corrected chi connectivity index (χ1v) is 8.12. The van der Waals surface area contributed by atoms with Crippen LogP contribution in [-0.2, 0) is 9.59 Å². The van der Waals surface area contributed by atoms with Crippen molar-refractivity contribution >= 4 is 11.7 Å². The molecule has 0 aromatic carbocycles. The summed E-state index contributed by atoms with van der Waals surface area (Å²) in [5.74, 6) is 0.0506. The van der Waals surface area contributed by atoms with Crippen molar-refractivity contribution in [3.63, 3.8) is 0 Å². The highest BCUT2D eigenvalue weighted by Gasteiger charge is 2.39. The minimum absolute atomic E-state index is 0.0617. The fourth-order valence-corrected chi connectivity index (χ4v) is 3.26. The first-order valence-electron chi connectivity index (χ1n) is 8.12. The molecule has 4 heteroatoms. The van der Waals surface area contributed by atoms with Gasteiger partial charge >= 0.3 is 0 Å². The summed E-state index contributed by atoms with van der Waals surface area (Å²) in [6, 6.07) is 0.111. The van der Waals surface area contributed by atoms with Gasteiger partial charge in [-0.05, 0) is 33.9 Å². The summed E-state index contributed by atoms with van der Waals surface area (Å²) in [5.41, 5.74) is -0.365. The predicted molar refractivity (Wildman–Crippen MR) is 86.1 cm³/mol. The molecule has 1 saturated carbocycles. The third-order valence-corrected chi connectivity index (χ3v) is 4.21. The molecule has 3 unspecified atom stereocenters. The third-order valence-electron chi connectivity index (χ3n) is 4.21. The molecule has 1 amide bonds. The molecule has 0 aromatic rings. The van der Waals surface area contributed by atoms with Gasteiger partial charge in [0.25, 0.3) is 0 Å². The molecule has 1 aliphatic carbocycles. The van der Waals surface area contributed by atoms with Crippen LogP contribution in [0, 0.1) is 17.3 Å². The molecule has 4 nitrogen and oxygen atoms in total. The maximum Gasteiger partial charge on any atom is 0.224 e. The van der Waals surface area contributed by atoms with Crippen LogP contribution in [0.4, 0.5) is 0 Å². The van der Waals surface area contributed by atoms with Crippen LogP contribution < -0.4 is 5.32 Å². The number of likely N-dealkylation sites (N-methyl/N-ethyl adjacent to an activating group) is 1. The zero-order valence-corrected chi connectivity index (χ0v) is 14.5. The van der Waals surface area contributed by atoms with E-state index in [1.807, 2.05) is 41.8 Å². The van der Waals surface area contributed by atoms with E-state index in [1.165, 1.54) is 0 Å². The van der Waals surface area contributed by atoms with Crippen molar-refractivity contribution in [2.24, 2.45) is 17.3 Å². The maximum atomic E-state index is 12.6. The Morgan fingerprint density at radius 3 is 2.14 bits per heavy atom. The van der Waals surface area contributed by atoms with Gasteiger partial charge in [0.2, 0.25) is 5.91 Å². The Balaban J connectivity index is 2.72. The lowest BCUT2D eigenvalue weighted by Crippen LogP contribution is -2.47. The minimum Gasteiger partial charge on any atom is -0.352 e. The minimum atomic E-state index is -0.365. The Hall–Kier alpha value is -0.900. The molecular formula is C17H32N2O2. The molecule has 0 bridgehead atoms. The Kier molecular flexibility index (Phi) is 6.39. The molecule has 21 heavy (non-hydrogen) atoms. The number of hydrogen-bond donors (Lipinski definition) is 1. The second kappa shape index (κ2) is 7.39. The van der Waals surface area contributed by atoms with E-state index in [9.17, 15) is 9.59 Å². The molecule has 1 aliphatic rings. The van der Waals surface area contributed by atoms with Gasteiger partial charge in [-0.25, -0.2) is 0 Å². The summed E-state index contributed by atoms with van der Waals surface area (Å²) in [6.45, 7) is 8.69. The van der Waals surface area contributed by atoms with Crippen LogP contribution in [0.2, 0.25) is 0 Å². The lowest BCUT2D eigenvalue weighted by Gasteiger charge is -2.34. The average Bonchev–Trinajstić information content (AvgIpc) is 2.35. The van der Waals surface area contributed by atoms with E-state index < -0.39 is 0 Å². The number of carbonyl (C=O) groups is 2. The zero-order chi connectivity index (χ0) is 16.2. The molecular weight excluding hydrogens is 264 g/mol. The molecule has 0 aliphatic heterocycles. The van der Waals surface area contributed by atoms with Crippen molar-refractivity contribution in [2.45, 2.75) is 59.4 Å². The second-order valence-electron chi connectivity index (χ2n) is 7.78. The third kappa shape index (κ3) is 5.42. The Labute approximate surface area is 129 Å². The molecule has 1 rings (SSSR count). The SMILES string of the molecule is CC(CN(C)C)NC(=O)C1CCCCC1C(=O)C(C)(C)C. The number of carbonyl (C=O) groups excluding carboxylic acids is 2. The average molecular weight is 296 g/mol. The Morgan fingerprint density at radius 1 is 1.14 bits per heavy atom. The molecule has 0 saturated heterocycles. The van der Waals surface area contributed by atoms with Gasteiger partial charge in [0, 0.05) is 29.8 Å². The van der Waals surface area contributed by atoms with Crippen LogP contribution in [0.25, 0.3) is 0 Å². The van der Waals surface area contributed by atoms with E-state index in [-0.39, 0.29) is 35.0 Å². The first kappa shape index (κ1) is 18.1. The lowest BCUT2D eigenvalue weighted by molar-refractivity contribution is -0.140. The van der Waals surface area contributed by atoms with Crippen LogP contribution >= 0.6 is 0 Å². The van der Waals surface area contributed by atoms with Crippen LogP contribution in [0.15, 0.2) is 0 Å². The lowest BCUT2D eigenvalue weighted by atomic mass is 9.70. The summed E-state index contributed by atoms with van der Waals surface area (Å²) in [4.78, 5) is 27.2. The van der Waals surface area contributed by atoms with Gasteiger partial charge in [0.15, 0.2) is 0 Å². The number of rotatable bonds is 5. The fourth-order valence-electron chi connectivity index (χ4n) is 3.26. The van der Waals surface area contributed by atoms with Crippen molar-refractivity contribution in [2.75, 3.05) is 20.6 Å².